The highest BCUT2D eigenvalue weighted by Gasteiger charge is 2.33. The van der Waals surface area contributed by atoms with Crippen molar-refractivity contribution in [2.75, 3.05) is 0 Å². The Bertz CT molecular complexity index is 1920. The molecule has 0 saturated heterocycles. The molecular formula is C68H110O8. The summed E-state index contributed by atoms with van der Waals surface area (Å²) in [5.41, 5.74) is 2.34. The van der Waals surface area contributed by atoms with Crippen LogP contribution in [0.1, 0.15) is 263 Å². The van der Waals surface area contributed by atoms with Gasteiger partial charge in [0.2, 0.25) is 0 Å². The van der Waals surface area contributed by atoms with Crippen LogP contribution in [0.15, 0.2) is 107 Å². The molecule has 0 saturated carbocycles. The van der Waals surface area contributed by atoms with Gasteiger partial charge in [0.25, 0.3) is 0 Å². The first-order chi connectivity index (χ1) is 36.1. The van der Waals surface area contributed by atoms with Crippen molar-refractivity contribution in [3.05, 3.63) is 107 Å². The second-order valence-corrected chi connectivity index (χ2v) is 23.1. The van der Waals surface area contributed by atoms with E-state index in [0.717, 1.165) is 60.8 Å². The van der Waals surface area contributed by atoms with E-state index in [4.69, 9.17) is 9.47 Å². The van der Waals surface area contributed by atoms with Gasteiger partial charge in [-0.2, -0.15) is 0 Å². The Kier molecular flexibility index (Phi) is 41.9. The van der Waals surface area contributed by atoms with E-state index in [-0.39, 0.29) is 42.1 Å². The normalized spacial score (nSPS) is 14.7. The van der Waals surface area contributed by atoms with Crippen LogP contribution in [0.4, 0.5) is 0 Å². The van der Waals surface area contributed by atoms with Gasteiger partial charge in [0.05, 0.1) is 6.10 Å². The summed E-state index contributed by atoms with van der Waals surface area (Å²) in [5, 5.41) is 10.2. The minimum absolute atomic E-state index is 0.0608. The summed E-state index contributed by atoms with van der Waals surface area (Å²) in [5.74, 6) is -0.771. The van der Waals surface area contributed by atoms with Crippen molar-refractivity contribution >= 4 is 29.3 Å². The number of ketones is 3. The molecule has 0 aromatic rings. The number of aliphatic hydroxyl groups excluding tert-OH is 1. The molecule has 0 aliphatic rings. The van der Waals surface area contributed by atoms with Gasteiger partial charge in [0.1, 0.15) is 18.0 Å². The van der Waals surface area contributed by atoms with E-state index < -0.39 is 29.1 Å². The highest BCUT2D eigenvalue weighted by Crippen LogP contribution is 2.30. The van der Waals surface area contributed by atoms with Crippen molar-refractivity contribution in [1.82, 2.24) is 0 Å². The molecule has 3 unspecified atom stereocenters. The summed E-state index contributed by atoms with van der Waals surface area (Å²) in [6.45, 7) is 23.0. The predicted octanol–water partition coefficient (Wildman–Crippen LogP) is 18.5. The molecule has 1 N–H and O–H groups in total. The van der Waals surface area contributed by atoms with E-state index in [1.807, 2.05) is 116 Å². The molecule has 8 nitrogen and oxygen atoms in total. The van der Waals surface area contributed by atoms with Gasteiger partial charge in [-0.1, -0.05) is 265 Å². The lowest BCUT2D eigenvalue weighted by Crippen LogP contribution is -2.32. The van der Waals surface area contributed by atoms with Crippen LogP contribution in [0.3, 0.4) is 0 Å². The Morgan fingerprint density at radius 1 is 0.421 bits per heavy atom. The van der Waals surface area contributed by atoms with Crippen LogP contribution in [0, 0.1) is 10.8 Å². The van der Waals surface area contributed by atoms with Crippen LogP contribution in [0.25, 0.3) is 0 Å². The summed E-state index contributed by atoms with van der Waals surface area (Å²) in [6.07, 6.45) is 53.0. The fourth-order valence-electron chi connectivity index (χ4n) is 8.93. The Labute approximate surface area is 465 Å². The molecule has 430 valence electrons. The Morgan fingerprint density at radius 2 is 0.724 bits per heavy atom. The number of Topliss-reactive ketones (excluding diaryl/α,β-unsaturated/α-hetero) is 1. The van der Waals surface area contributed by atoms with Gasteiger partial charge in [-0.25, -0.2) is 0 Å². The molecule has 0 aliphatic carbocycles. The van der Waals surface area contributed by atoms with Crippen LogP contribution >= 0.6 is 0 Å². The molecule has 0 heterocycles. The number of aliphatic hydroxyl groups is 1. The van der Waals surface area contributed by atoms with E-state index in [2.05, 4.69) is 13.8 Å². The maximum Gasteiger partial charge on any atom is 0.306 e. The third-order valence-corrected chi connectivity index (χ3v) is 13.8. The molecule has 8 heteroatoms. The van der Waals surface area contributed by atoms with Crippen molar-refractivity contribution < 1.29 is 38.6 Å². The molecule has 76 heavy (non-hydrogen) atoms. The molecule has 0 aliphatic heterocycles. The van der Waals surface area contributed by atoms with Crippen LogP contribution in [0.5, 0.6) is 0 Å². The van der Waals surface area contributed by atoms with Gasteiger partial charge in [-0.05, 0) is 79.4 Å². The standard InChI is InChI=1S/C68H110O8/c1-13-15-17-19-21-23-25-27-29-31-33-45-65(73)75-61(51-59(7)69)53-67(9,10)63(71)49-47-57(5)43-37-41-55(3)39-35-36-40-56(4)42-38-44-58(6)48-50-64(72)68(11,12)54-62(52-60(8)70)76-66(74)46-34-32-30-28-26-24-22-20-18-16-14-2/h35-44,47-50,59,61-62,69H,13-34,45-46,51-54H2,1-12H3. The zero-order valence-corrected chi connectivity index (χ0v) is 50.4. The van der Waals surface area contributed by atoms with Gasteiger partial charge in [0.15, 0.2) is 11.6 Å². The topological polar surface area (TPSA) is 124 Å². The Hall–Kier alpha value is -4.43. The smallest absolute Gasteiger partial charge is 0.306 e. The SMILES string of the molecule is CCCCCCCCCCCCCC(=O)OC(CC(C)=O)CC(C)(C)C(=O)C=CC(C)=CC=CC(C)=CC=CC=C(C)C=CC=C(C)C=CC(=O)C(C)(C)CC(CC(C)O)OC(=O)CCCCCCCCCCCCC. The number of ether oxygens (including phenoxy) is 2. The molecule has 0 aromatic heterocycles. The van der Waals surface area contributed by atoms with E-state index in [9.17, 15) is 29.1 Å². The zero-order valence-electron chi connectivity index (χ0n) is 50.4. The predicted molar refractivity (Wildman–Crippen MR) is 321 cm³/mol. The fourth-order valence-corrected chi connectivity index (χ4v) is 8.93. The summed E-state index contributed by atoms with van der Waals surface area (Å²) < 4.78 is 11.6. The highest BCUT2D eigenvalue weighted by atomic mass is 16.5. The molecule has 0 radical (unpaired) electrons. The second kappa shape index (κ2) is 44.5. The summed E-state index contributed by atoms with van der Waals surface area (Å²) in [6, 6.07) is 0. The first-order valence-corrected chi connectivity index (χ1v) is 29.8. The number of allylic oxidation sites excluding steroid dienone is 18. The zero-order chi connectivity index (χ0) is 57.0. The molecule has 0 aromatic carbocycles. The van der Waals surface area contributed by atoms with Crippen molar-refractivity contribution in [2.24, 2.45) is 10.8 Å². The van der Waals surface area contributed by atoms with Gasteiger partial charge in [-0.15, -0.1) is 0 Å². The van der Waals surface area contributed by atoms with E-state index in [0.29, 0.717) is 25.7 Å². The van der Waals surface area contributed by atoms with Gasteiger partial charge < -0.3 is 14.6 Å². The number of hydrogen-bond donors (Lipinski definition) is 1. The average molecular weight is 1060 g/mol. The van der Waals surface area contributed by atoms with E-state index in [1.165, 1.54) is 110 Å². The molecule has 0 fully saturated rings. The van der Waals surface area contributed by atoms with Crippen LogP contribution in [-0.4, -0.2) is 52.7 Å². The lowest BCUT2D eigenvalue weighted by atomic mass is 9.81. The largest absolute Gasteiger partial charge is 0.462 e. The minimum atomic E-state index is -0.816. The fraction of sp³-hybridized carbons (Fsp3) is 0.662. The molecule has 0 bridgehead atoms. The quantitative estimate of drug-likeness (QED) is 0.0277. The van der Waals surface area contributed by atoms with Crippen molar-refractivity contribution in [3.8, 4) is 0 Å². The number of carbonyl (C=O) groups excluding carboxylic acids is 5. The first-order valence-electron chi connectivity index (χ1n) is 29.8. The molecule has 3 atom stereocenters. The number of rotatable bonds is 46. The molecule has 0 amide bonds. The molecule has 0 spiro atoms. The van der Waals surface area contributed by atoms with Gasteiger partial charge in [0, 0.05) is 36.5 Å². The highest BCUT2D eigenvalue weighted by molar-refractivity contribution is 5.95. The third-order valence-electron chi connectivity index (χ3n) is 13.8. The Balaban J connectivity index is 5.04. The van der Waals surface area contributed by atoms with Crippen molar-refractivity contribution in [1.29, 1.82) is 0 Å². The van der Waals surface area contributed by atoms with Gasteiger partial charge >= 0.3 is 11.9 Å². The van der Waals surface area contributed by atoms with Crippen molar-refractivity contribution in [3.63, 3.8) is 0 Å². The lowest BCUT2D eigenvalue weighted by Gasteiger charge is -2.28. The molecular weight excluding hydrogens is 945 g/mol. The van der Waals surface area contributed by atoms with E-state index in [1.54, 1.807) is 31.2 Å². The number of esters is 2. The lowest BCUT2D eigenvalue weighted by molar-refractivity contribution is -0.154. The summed E-state index contributed by atoms with van der Waals surface area (Å²) >= 11 is 0. The number of carbonyl (C=O) groups is 5. The van der Waals surface area contributed by atoms with Crippen LogP contribution in [0.2, 0.25) is 0 Å². The minimum Gasteiger partial charge on any atom is -0.462 e. The maximum absolute atomic E-state index is 13.3. The van der Waals surface area contributed by atoms with Crippen LogP contribution < -0.4 is 0 Å². The monoisotopic (exact) mass is 1050 g/mol. The van der Waals surface area contributed by atoms with Crippen LogP contribution in [-0.2, 0) is 33.4 Å². The van der Waals surface area contributed by atoms with E-state index >= 15 is 0 Å². The maximum atomic E-state index is 13.3. The number of hydrogen-bond acceptors (Lipinski definition) is 8. The second-order valence-electron chi connectivity index (χ2n) is 23.1. The van der Waals surface area contributed by atoms with Gasteiger partial charge in [-0.3, -0.25) is 24.0 Å². The summed E-state index contributed by atoms with van der Waals surface area (Å²) in [7, 11) is 0. The Morgan fingerprint density at radius 3 is 1.07 bits per heavy atom. The first kappa shape index (κ1) is 71.6. The average Bonchev–Trinajstić information content (AvgIpc) is 3.33. The number of unbranched alkanes of at least 4 members (excludes halogenated alkanes) is 20. The van der Waals surface area contributed by atoms with Crippen molar-refractivity contribution in [2.45, 2.75) is 281 Å². The summed E-state index contributed by atoms with van der Waals surface area (Å²) in [4.78, 5) is 64.2. The molecule has 0 rings (SSSR count). The third kappa shape index (κ3) is 41.7.